The van der Waals surface area contributed by atoms with Crippen molar-refractivity contribution >= 4 is 23.8 Å². The number of carbonyl (C=O) groups excluding carboxylic acids is 4. The topological polar surface area (TPSA) is 111 Å². The summed E-state index contributed by atoms with van der Waals surface area (Å²) in [6.07, 6.45) is -0.389. The summed E-state index contributed by atoms with van der Waals surface area (Å²) in [5.74, 6) is -1.82. The van der Waals surface area contributed by atoms with E-state index < -0.39 is 46.9 Å². The number of alkyl carbamates (subject to hydrolysis) is 1. The molecule has 0 aromatic heterocycles. The molecule has 1 aromatic carbocycles. The Morgan fingerprint density at radius 1 is 0.886 bits per heavy atom. The van der Waals surface area contributed by atoms with Gasteiger partial charge in [-0.2, -0.15) is 0 Å². The van der Waals surface area contributed by atoms with Gasteiger partial charge in [0.25, 0.3) is 0 Å². The minimum Gasteiger partial charge on any atom is -0.460 e. The van der Waals surface area contributed by atoms with E-state index in [-0.39, 0.29) is 18.4 Å². The predicted molar refractivity (Wildman–Crippen MR) is 134 cm³/mol. The molecule has 0 unspecified atom stereocenters. The Labute approximate surface area is 209 Å². The molecule has 0 spiro atoms. The van der Waals surface area contributed by atoms with Crippen LogP contribution in [0.1, 0.15) is 74.3 Å². The van der Waals surface area contributed by atoms with Crippen LogP contribution in [0, 0.1) is 17.3 Å². The molecule has 196 valence electrons. The number of hydrogen-bond donors (Lipinski definition) is 2. The lowest BCUT2D eigenvalue weighted by Crippen LogP contribution is -2.56. The van der Waals surface area contributed by atoms with Gasteiger partial charge in [0.05, 0.1) is 6.04 Å². The van der Waals surface area contributed by atoms with Gasteiger partial charge in [-0.25, -0.2) is 4.79 Å². The molecule has 0 aliphatic rings. The lowest BCUT2D eigenvalue weighted by Gasteiger charge is -2.30. The second kappa shape index (κ2) is 12.7. The minimum atomic E-state index is -1.48. The number of ketones is 1. The molecule has 8 heteroatoms. The number of benzene rings is 1. The van der Waals surface area contributed by atoms with E-state index >= 15 is 0 Å². The van der Waals surface area contributed by atoms with Gasteiger partial charge >= 0.3 is 12.1 Å². The number of ether oxygens (including phenoxy) is 2. The van der Waals surface area contributed by atoms with Crippen LogP contribution in [0.2, 0.25) is 0 Å². The lowest BCUT2D eigenvalue weighted by atomic mass is 9.81. The first-order chi connectivity index (χ1) is 16.0. The maximum absolute atomic E-state index is 13.5. The van der Waals surface area contributed by atoms with E-state index in [2.05, 4.69) is 10.6 Å². The van der Waals surface area contributed by atoms with Gasteiger partial charge in [0, 0.05) is 0 Å². The van der Waals surface area contributed by atoms with E-state index in [1.54, 1.807) is 34.6 Å². The Morgan fingerprint density at radius 3 is 1.94 bits per heavy atom. The van der Waals surface area contributed by atoms with E-state index in [4.69, 9.17) is 9.47 Å². The first-order valence-electron chi connectivity index (χ1n) is 12.1. The Kier molecular flexibility index (Phi) is 10.9. The van der Waals surface area contributed by atoms with Crippen molar-refractivity contribution in [2.45, 2.75) is 93.0 Å². The fourth-order valence-electron chi connectivity index (χ4n) is 3.37. The molecule has 0 bridgehead atoms. The van der Waals surface area contributed by atoms with Crippen LogP contribution >= 0.6 is 0 Å². The molecule has 0 saturated carbocycles. The highest BCUT2D eigenvalue weighted by Gasteiger charge is 2.43. The zero-order valence-electron chi connectivity index (χ0n) is 22.6. The van der Waals surface area contributed by atoms with Gasteiger partial charge in [0.15, 0.2) is 5.78 Å². The zero-order chi connectivity index (χ0) is 27.0. The van der Waals surface area contributed by atoms with Gasteiger partial charge in [0.1, 0.15) is 23.7 Å². The Bertz CT molecular complexity index is 871. The number of rotatable bonds is 11. The fraction of sp³-hybridized carbons (Fsp3) is 0.630. The van der Waals surface area contributed by atoms with Crippen molar-refractivity contribution in [1.82, 2.24) is 10.6 Å². The van der Waals surface area contributed by atoms with E-state index in [1.807, 2.05) is 44.2 Å². The SMILES string of the molecule is CC(C)C[C@H](NC(=O)[C@@H](NC(=O)OC(C)(C)C)C(C)C)C(=O)C(C)(C)C(=O)OCc1ccccc1. The molecular formula is C27H42N2O6. The van der Waals surface area contributed by atoms with Crippen LogP contribution in [0.3, 0.4) is 0 Å². The molecule has 8 nitrogen and oxygen atoms in total. The van der Waals surface area contributed by atoms with Crippen LogP contribution in [0.4, 0.5) is 4.79 Å². The summed E-state index contributed by atoms with van der Waals surface area (Å²) >= 11 is 0. The van der Waals surface area contributed by atoms with Gasteiger partial charge in [-0.1, -0.05) is 58.0 Å². The van der Waals surface area contributed by atoms with Crippen molar-refractivity contribution in [2.24, 2.45) is 17.3 Å². The summed E-state index contributed by atoms with van der Waals surface area (Å²) in [6, 6.07) is 7.35. The molecule has 0 heterocycles. The number of esters is 1. The molecule has 0 aliphatic carbocycles. The van der Waals surface area contributed by atoms with E-state index in [9.17, 15) is 19.2 Å². The zero-order valence-corrected chi connectivity index (χ0v) is 22.6. The molecule has 1 aromatic rings. The summed E-state index contributed by atoms with van der Waals surface area (Å²) in [4.78, 5) is 51.7. The summed E-state index contributed by atoms with van der Waals surface area (Å²) in [5, 5.41) is 5.36. The molecule has 0 saturated heterocycles. The van der Waals surface area contributed by atoms with E-state index in [1.165, 1.54) is 13.8 Å². The smallest absolute Gasteiger partial charge is 0.408 e. The number of carbonyl (C=O) groups is 4. The minimum absolute atomic E-state index is 0.0484. The molecule has 0 aliphatic heterocycles. The van der Waals surface area contributed by atoms with Crippen molar-refractivity contribution in [3.05, 3.63) is 35.9 Å². The number of nitrogens with one attached hydrogen (secondary N) is 2. The van der Waals surface area contributed by atoms with E-state index in [0.717, 1.165) is 5.56 Å². The van der Waals surface area contributed by atoms with Crippen LogP contribution < -0.4 is 10.6 Å². The van der Waals surface area contributed by atoms with Crippen molar-refractivity contribution < 1.29 is 28.7 Å². The molecular weight excluding hydrogens is 448 g/mol. The predicted octanol–water partition coefficient (Wildman–Crippen LogP) is 4.41. The average molecular weight is 491 g/mol. The Hall–Kier alpha value is -2.90. The van der Waals surface area contributed by atoms with Gasteiger partial charge in [-0.05, 0) is 58.4 Å². The summed E-state index contributed by atoms with van der Waals surface area (Å²) in [7, 11) is 0. The highest BCUT2D eigenvalue weighted by Crippen LogP contribution is 2.24. The van der Waals surface area contributed by atoms with Crippen molar-refractivity contribution in [3.63, 3.8) is 0 Å². The van der Waals surface area contributed by atoms with Crippen LogP contribution in [-0.2, 0) is 30.5 Å². The van der Waals surface area contributed by atoms with Crippen LogP contribution in [0.5, 0.6) is 0 Å². The standard InChI is InChI=1S/C27H42N2O6/c1-17(2)15-20(28-23(31)21(18(3)4)29-25(33)35-26(5,6)7)22(30)27(8,9)24(32)34-16-19-13-11-10-12-14-19/h10-14,17-18,20-21H,15-16H2,1-9H3,(H,28,31)(H,29,33)/t20-,21-/m0/s1. The van der Waals surface area contributed by atoms with Gasteiger partial charge in [-0.15, -0.1) is 0 Å². The Balaban J connectivity index is 2.99. The molecule has 35 heavy (non-hydrogen) atoms. The van der Waals surface area contributed by atoms with Crippen molar-refractivity contribution in [1.29, 1.82) is 0 Å². The maximum atomic E-state index is 13.5. The third-order valence-corrected chi connectivity index (χ3v) is 5.30. The number of hydrogen-bond acceptors (Lipinski definition) is 6. The number of Topliss-reactive ketones (excluding diaryl/α,β-unsaturated/α-hetero) is 1. The third-order valence-electron chi connectivity index (χ3n) is 5.30. The van der Waals surface area contributed by atoms with Gasteiger partial charge < -0.3 is 20.1 Å². The van der Waals surface area contributed by atoms with Gasteiger partial charge in [-0.3, -0.25) is 14.4 Å². The molecule has 2 amide bonds. The lowest BCUT2D eigenvalue weighted by molar-refractivity contribution is -0.160. The van der Waals surface area contributed by atoms with Crippen LogP contribution in [0.15, 0.2) is 30.3 Å². The summed E-state index contributed by atoms with van der Waals surface area (Å²) in [5.41, 5.74) is -1.39. The third kappa shape index (κ3) is 10.1. The highest BCUT2D eigenvalue weighted by atomic mass is 16.6. The number of amides is 2. The quantitative estimate of drug-likeness (QED) is 0.351. The second-order valence-electron chi connectivity index (χ2n) is 11.1. The van der Waals surface area contributed by atoms with Crippen molar-refractivity contribution in [2.75, 3.05) is 0 Å². The molecule has 1 rings (SSSR count). The van der Waals surface area contributed by atoms with Crippen LogP contribution in [0.25, 0.3) is 0 Å². The maximum Gasteiger partial charge on any atom is 0.408 e. The first-order valence-corrected chi connectivity index (χ1v) is 12.1. The average Bonchev–Trinajstić information content (AvgIpc) is 2.73. The summed E-state index contributed by atoms with van der Waals surface area (Å²) < 4.78 is 10.7. The first kappa shape index (κ1) is 30.1. The van der Waals surface area contributed by atoms with Crippen molar-refractivity contribution in [3.8, 4) is 0 Å². The molecule has 2 atom stereocenters. The monoisotopic (exact) mass is 490 g/mol. The van der Waals surface area contributed by atoms with Gasteiger partial charge in [0.2, 0.25) is 5.91 Å². The summed E-state index contributed by atoms with van der Waals surface area (Å²) in [6.45, 7) is 15.7. The normalized spacial score (nSPS) is 13.7. The Morgan fingerprint density at radius 2 is 1.46 bits per heavy atom. The fourth-order valence-corrected chi connectivity index (χ4v) is 3.37. The largest absolute Gasteiger partial charge is 0.460 e. The van der Waals surface area contributed by atoms with E-state index in [0.29, 0.717) is 6.42 Å². The molecule has 0 radical (unpaired) electrons. The molecule has 2 N–H and O–H groups in total. The molecule has 0 fully saturated rings. The van der Waals surface area contributed by atoms with Crippen LogP contribution in [-0.4, -0.2) is 41.4 Å². The second-order valence-corrected chi connectivity index (χ2v) is 11.1. The highest BCUT2D eigenvalue weighted by molar-refractivity contribution is 6.06.